The number of nitriles is 1. The molecule has 0 aromatic rings. The van der Waals surface area contributed by atoms with E-state index < -0.39 is 5.41 Å². The Morgan fingerprint density at radius 2 is 2.06 bits per heavy atom. The third-order valence-electron chi connectivity index (χ3n) is 3.44. The molecule has 1 heterocycles. The predicted molar refractivity (Wildman–Crippen MR) is 67.2 cm³/mol. The maximum absolute atomic E-state index is 11.6. The van der Waals surface area contributed by atoms with Crippen molar-refractivity contribution >= 4 is 5.91 Å². The molecule has 0 bridgehead atoms. The summed E-state index contributed by atoms with van der Waals surface area (Å²) >= 11 is 0. The number of hydrogen-bond donors (Lipinski definition) is 1. The van der Waals surface area contributed by atoms with Gasteiger partial charge < -0.3 is 10.2 Å². The topological polar surface area (TPSA) is 56.1 Å². The number of carbonyl (C=O) groups excluding carboxylic acids is 1. The van der Waals surface area contributed by atoms with Gasteiger partial charge in [-0.15, -0.1) is 0 Å². The summed E-state index contributed by atoms with van der Waals surface area (Å²) in [7, 11) is 0. The molecule has 0 aromatic carbocycles. The highest BCUT2D eigenvalue weighted by Crippen LogP contribution is 2.15. The van der Waals surface area contributed by atoms with Crippen molar-refractivity contribution in [3.63, 3.8) is 0 Å². The summed E-state index contributed by atoms with van der Waals surface area (Å²) in [6.45, 7) is 9.35. The quantitative estimate of drug-likeness (QED) is 0.803. The maximum atomic E-state index is 11.6. The van der Waals surface area contributed by atoms with Crippen LogP contribution in [-0.4, -0.2) is 37.0 Å². The van der Waals surface area contributed by atoms with E-state index in [-0.39, 0.29) is 5.91 Å². The number of nitrogens with one attached hydrogen (secondary N) is 1. The van der Waals surface area contributed by atoms with Crippen molar-refractivity contribution in [2.45, 2.75) is 33.6 Å². The van der Waals surface area contributed by atoms with Crippen LogP contribution < -0.4 is 5.32 Å². The number of amides is 1. The van der Waals surface area contributed by atoms with Crippen molar-refractivity contribution in [3.8, 4) is 6.07 Å². The Morgan fingerprint density at radius 3 is 2.59 bits per heavy atom. The molecule has 96 valence electrons. The zero-order valence-corrected chi connectivity index (χ0v) is 11.1. The molecule has 0 aromatic heterocycles. The van der Waals surface area contributed by atoms with Crippen molar-refractivity contribution in [1.29, 1.82) is 5.26 Å². The first-order valence-electron chi connectivity index (χ1n) is 6.37. The molecule has 1 aliphatic heterocycles. The Balaban J connectivity index is 2.20. The van der Waals surface area contributed by atoms with Crippen molar-refractivity contribution in [3.05, 3.63) is 0 Å². The highest BCUT2D eigenvalue weighted by Gasteiger charge is 2.26. The van der Waals surface area contributed by atoms with Gasteiger partial charge in [0.1, 0.15) is 5.41 Å². The average molecular weight is 237 g/mol. The van der Waals surface area contributed by atoms with E-state index in [1.807, 2.05) is 6.07 Å². The van der Waals surface area contributed by atoms with Gasteiger partial charge in [-0.3, -0.25) is 4.79 Å². The molecular formula is C13H23N3O. The molecule has 1 saturated heterocycles. The first kappa shape index (κ1) is 14.0. The summed E-state index contributed by atoms with van der Waals surface area (Å²) in [4.78, 5) is 14.0. The van der Waals surface area contributed by atoms with E-state index in [1.54, 1.807) is 13.8 Å². The number of nitrogens with zero attached hydrogens (tertiary/aromatic N) is 2. The zero-order valence-electron chi connectivity index (χ0n) is 11.1. The summed E-state index contributed by atoms with van der Waals surface area (Å²) in [5.41, 5.74) is -0.920. The Morgan fingerprint density at radius 1 is 1.47 bits per heavy atom. The fourth-order valence-electron chi connectivity index (χ4n) is 1.88. The second-order valence-electron chi connectivity index (χ2n) is 5.52. The molecular weight excluding hydrogens is 214 g/mol. The second-order valence-corrected chi connectivity index (χ2v) is 5.52. The smallest absolute Gasteiger partial charge is 0.239 e. The number of rotatable bonds is 4. The number of likely N-dealkylation sites (tertiary alicyclic amines) is 1. The van der Waals surface area contributed by atoms with Crippen molar-refractivity contribution in [2.24, 2.45) is 11.3 Å². The molecule has 0 spiro atoms. The SMILES string of the molecule is CC1CCN(CCNC(=O)C(C)(C)C#N)CC1. The number of piperidine rings is 1. The Kier molecular flexibility index (Phi) is 4.95. The van der Waals surface area contributed by atoms with Gasteiger partial charge in [0.15, 0.2) is 0 Å². The van der Waals surface area contributed by atoms with Gasteiger partial charge in [0.05, 0.1) is 6.07 Å². The summed E-state index contributed by atoms with van der Waals surface area (Å²) in [6.07, 6.45) is 2.50. The van der Waals surface area contributed by atoms with E-state index in [1.165, 1.54) is 12.8 Å². The van der Waals surface area contributed by atoms with Gasteiger partial charge in [-0.1, -0.05) is 6.92 Å². The van der Waals surface area contributed by atoms with Gasteiger partial charge >= 0.3 is 0 Å². The lowest BCUT2D eigenvalue weighted by Crippen LogP contribution is -2.42. The molecule has 1 fully saturated rings. The van der Waals surface area contributed by atoms with Crippen molar-refractivity contribution in [2.75, 3.05) is 26.2 Å². The molecule has 1 rings (SSSR count). The molecule has 0 radical (unpaired) electrons. The third-order valence-corrected chi connectivity index (χ3v) is 3.44. The predicted octanol–water partition coefficient (Wildman–Crippen LogP) is 1.38. The Bertz CT molecular complexity index is 298. The molecule has 1 N–H and O–H groups in total. The van der Waals surface area contributed by atoms with E-state index in [2.05, 4.69) is 17.1 Å². The van der Waals surface area contributed by atoms with Crippen LogP contribution >= 0.6 is 0 Å². The Hall–Kier alpha value is -1.08. The van der Waals surface area contributed by atoms with E-state index in [0.29, 0.717) is 6.54 Å². The number of hydrogen-bond acceptors (Lipinski definition) is 3. The molecule has 4 heteroatoms. The van der Waals surface area contributed by atoms with Gasteiger partial charge in [-0.05, 0) is 45.7 Å². The first-order valence-corrected chi connectivity index (χ1v) is 6.37. The van der Waals surface area contributed by atoms with Crippen molar-refractivity contribution < 1.29 is 4.79 Å². The fraction of sp³-hybridized carbons (Fsp3) is 0.846. The lowest BCUT2D eigenvalue weighted by atomic mass is 9.95. The van der Waals surface area contributed by atoms with Gasteiger partial charge in [0.25, 0.3) is 0 Å². The summed E-state index contributed by atoms with van der Waals surface area (Å²) < 4.78 is 0. The minimum absolute atomic E-state index is 0.176. The lowest BCUT2D eigenvalue weighted by molar-refractivity contribution is -0.126. The molecule has 0 saturated carbocycles. The second kappa shape index (κ2) is 6.02. The standard InChI is InChI=1S/C13H23N3O/c1-11-4-7-16(8-5-11)9-6-15-12(17)13(2,3)10-14/h11H,4-9H2,1-3H3,(H,15,17). The van der Waals surface area contributed by atoms with Crippen LogP contribution in [0.15, 0.2) is 0 Å². The average Bonchev–Trinajstić information content (AvgIpc) is 2.31. The van der Waals surface area contributed by atoms with Crippen LogP contribution in [0.25, 0.3) is 0 Å². The summed E-state index contributed by atoms with van der Waals surface area (Å²) in [5, 5.41) is 11.6. The molecule has 17 heavy (non-hydrogen) atoms. The highest BCUT2D eigenvalue weighted by atomic mass is 16.2. The summed E-state index contributed by atoms with van der Waals surface area (Å²) in [5.74, 6) is 0.656. The third kappa shape index (κ3) is 4.35. The van der Waals surface area contributed by atoms with Crippen LogP contribution in [0.2, 0.25) is 0 Å². The van der Waals surface area contributed by atoms with Crippen LogP contribution in [0.5, 0.6) is 0 Å². The molecule has 4 nitrogen and oxygen atoms in total. The summed E-state index contributed by atoms with van der Waals surface area (Å²) in [6, 6.07) is 2.01. The van der Waals surface area contributed by atoms with Crippen LogP contribution in [0.1, 0.15) is 33.6 Å². The fourth-order valence-corrected chi connectivity index (χ4v) is 1.88. The largest absolute Gasteiger partial charge is 0.353 e. The van der Waals surface area contributed by atoms with E-state index in [9.17, 15) is 4.79 Å². The zero-order chi connectivity index (χ0) is 12.9. The van der Waals surface area contributed by atoms with Crippen LogP contribution in [0.3, 0.4) is 0 Å². The molecule has 1 amide bonds. The van der Waals surface area contributed by atoms with Gasteiger partial charge in [0, 0.05) is 13.1 Å². The van der Waals surface area contributed by atoms with Crippen LogP contribution in [0, 0.1) is 22.7 Å². The van der Waals surface area contributed by atoms with E-state index in [0.717, 1.165) is 25.6 Å². The molecule has 0 atom stereocenters. The van der Waals surface area contributed by atoms with Gasteiger partial charge in [0.2, 0.25) is 5.91 Å². The lowest BCUT2D eigenvalue weighted by Gasteiger charge is -2.30. The van der Waals surface area contributed by atoms with Gasteiger partial charge in [-0.2, -0.15) is 5.26 Å². The first-order chi connectivity index (χ1) is 7.95. The minimum Gasteiger partial charge on any atom is -0.353 e. The monoisotopic (exact) mass is 237 g/mol. The minimum atomic E-state index is -0.920. The Labute approximate surface area is 104 Å². The molecule has 0 unspecified atom stereocenters. The highest BCUT2D eigenvalue weighted by molar-refractivity contribution is 5.84. The molecule has 0 aliphatic carbocycles. The van der Waals surface area contributed by atoms with E-state index >= 15 is 0 Å². The van der Waals surface area contributed by atoms with Crippen LogP contribution in [-0.2, 0) is 4.79 Å². The molecule has 1 aliphatic rings. The number of carbonyl (C=O) groups is 1. The normalized spacial score (nSPS) is 18.7. The maximum Gasteiger partial charge on any atom is 0.239 e. The van der Waals surface area contributed by atoms with E-state index in [4.69, 9.17) is 5.26 Å². The van der Waals surface area contributed by atoms with Crippen LogP contribution in [0.4, 0.5) is 0 Å². The van der Waals surface area contributed by atoms with Crippen molar-refractivity contribution in [1.82, 2.24) is 10.2 Å². The van der Waals surface area contributed by atoms with Gasteiger partial charge in [-0.25, -0.2) is 0 Å².